The molecule has 0 bridgehead atoms. The summed E-state index contributed by atoms with van der Waals surface area (Å²) < 4.78 is 6.05. The molecule has 1 aliphatic carbocycles. The van der Waals surface area contributed by atoms with Gasteiger partial charge in [-0.15, -0.1) is 0 Å². The van der Waals surface area contributed by atoms with Crippen LogP contribution >= 0.6 is 11.8 Å². The lowest BCUT2D eigenvalue weighted by Crippen LogP contribution is -2.39. The van der Waals surface area contributed by atoms with Crippen molar-refractivity contribution in [1.29, 1.82) is 0 Å². The minimum absolute atomic E-state index is 0.315. The molecule has 1 aromatic rings. The zero-order valence-electron chi connectivity index (χ0n) is 12.3. The molecule has 0 spiro atoms. The Bertz CT molecular complexity index is 427. The largest absolute Gasteiger partial charge is 0.375 e. The summed E-state index contributed by atoms with van der Waals surface area (Å²) in [6.45, 7) is 4.08. The van der Waals surface area contributed by atoms with Crippen molar-refractivity contribution in [3.63, 3.8) is 0 Å². The summed E-state index contributed by atoms with van der Waals surface area (Å²) >= 11 is 2.02. The molecular weight excluding hydrogens is 266 g/mol. The van der Waals surface area contributed by atoms with Crippen molar-refractivity contribution in [3.05, 3.63) is 35.4 Å². The molecule has 1 heterocycles. The third kappa shape index (κ3) is 3.05. The fourth-order valence-electron chi connectivity index (χ4n) is 3.25. The van der Waals surface area contributed by atoms with Gasteiger partial charge in [0.25, 0.3) is 0 Å². The molecule has 0 aromatic heterocycles. The van der Waals surface area contributed by atoms with Gasteiger partial charge in [-0.3, -0.25) is 0 Å². The third-order valence-electron chi connectivity index (χ3n) is 4.51. The Labute approximate surface area is 126 Å². The van der Waals surface area contributed by atoms with Gasteiger partial charge in [-0.1, -0.05) is 37.6 Å². The van der Waals surface area contributed by atoms with Crippen LogP contribution in [-0.2, 0) is 4.74 Å². The summed E-state index contributed by atoms with van der Waals surface area (Å²) in [5, 5.41) is 3.67. The molecule has 1 saturated heterocycles. The lowest BCUT2D eigenvalue weighted by atomic mass is 9.76. The van der Waals surface area contributed by atoms with Crippen LogP contribution in [0.2, 0.25) is 0 Å². The quantitative estimate of drug-likeness (QED) is 0.893. The number of benzene rings is 1. The van der Waals surface area contributed by atoms with E-state index in [0.29, 0.717) is 12.1 Å². The van der Waals surface area contributed by atoms with Crippen LogP contribution < -0.4 is 5.32 Å². The first-order chi connectivity index (χ1) is 9.90. The molecule has 1 aromatic carbocycles. The minimum atomic E-state index is 0.315. The van der Waals surface area contributed by atoms with Crippen molar-refractivity contribution >= 4 is 11.8 Å². The van der Waals surface area contributed by atoms with E-state index in [9.17, 15) is 0 Å². The zero-order chi connectivity index (χ0) is 13.8. The summed E-state index contributed by atoms with van der Waals surface area (Å²) in [5.74, 6) is 3.03. The van der Waals surface area contributed by atoms with Gasteiger partial charge in [0.1, 0.15) is 0 Å². The number of hydrogen-bond donors (Lipinski definition) is 1. The highest BCUT2D eigenvalue weighted by Crippen LogP contribution is 2.40. The lowest BCUT2D eigenvalue weighted by Gasteiger charge is -2.35. The summed E-state index contributed by atoms with van der Waals surface area (Å²) in [7, 11) is 0. The van der Waals surface area contributed by atoms with Gasteiger partial charge in [0, 0.05) is 11.5 Å². The highest BCUT2D eigenvalue weighted by Gasteiger charge is 2.30. The highest BCUT2D eigenvalue weighted by atomic mass is 32.2. The predicted octanol–water partition coefficient (Wildman–Crippen LogP) is 3.74. The molecule has 1 saturated carbocycles. The van der Waals surface area contributed by atoms with Gasteiger partial charge in [-0.05, 0) is 36.4 Å². The van der Waals surface area contributed by atoms with Gasteiger partial charge in [-0.2, -0.15) is 11.8 Å². The van der Waals surface area contributed by atoms with Crippen LogP contribution in [-0.4, -0.2) is 30.8 Å². The molecular formula is C17H25NOS. The van der Waals surface area contributed by atoms with Crippen LogP contribution in [0.15, 0.2) is 24.3 Å². The van der Waals surface area contributed by atoms with Crippen LogP contribution in [0.5, 0.6) is 0 Å². The summed E-state index contributed by atoms with van der Waals surface area (Å²) in [5.41, 5.74) is 3.04. The molecule has 2 atom stereocenters. The molecule has 2 aliphatic rings. The van der Waals surface area contributed by atoms with Gasteiger partial charge >= 0.3 is 0 Å². The summed E-state index contributed by atoms with van der Waals surface area (Å²) in [4.78, 5) is 0. The maximum absolute atomic E-state index is 6.05. The molecule has 1 N–H and O–H groups in total. The Hall–Kier alpha value is -0.510. The fraction of sp³-hybridized carbons (Fsp3) is 0.647. The van der Waals surface area contributed by atoms with E-state index in [0.717, 1.165) is 30.6 Å². The first kappa shape index (κ1) is 14.4. The maximum atomic E-state index is 6.05. The van der Waals surface area contributed by atoms with Gasteiger partial charge in [0.15, 0.2) is 0 Å². The van der Waals surface area contributed by atoms with Crippen molar-refractivity contribution in [2.45, 2.75) is 44.2 Å². The molecule has 0 radical (unpaired) electrons. The monoisotopic (exact) mass is 291 g/mol. The molecule has 2 nitrogen and oxygen atoms in total. The zero-order valence-corrected chi connectivity index (χ0v) is 13.1. The standard InChI is InChI=1S/C17H25NOS/c1-2-18-17(16-12-20-11-10-19-16)15-9-4-3-8-14(15)13-6-5-7-13/h3-4,8-9,13,16-18H,2,5-7,10-12H2,1H3. The van der Waals surface area contributed by atoms with E-state index in [2.05, 4.69) is 36.5 Å². The van der Waals surface area contributed by atoms with E-state index in [1.807, 2.05) is 11.8 Å². The Balaban J connectivity index is 1.85. The topological polar surface area (TPSA) is 21.3 Å². The van der Waals surface area contributed by atoms with Crippen molar-refractivity contribution < 1.29 is 4.74 Å². The van der Waals surface area contributed by atoms with Crippen molar-refractivity contribution in [2.75, 3.05) is 24.7 Å². The van der Waals surface area contributed by atoms with E-state index in [-0.39, 0.29) is 0 Å². The summed E-state index contributed by atoms with van der Waals surface area (Å²) in [6.07, 6.45) is 4.42. The van der Waals surface area contributed by atoms with Gasteiger partial charge in [-0.25, -0.2) is 0 Å². The molecule has 3 heteroatoms. The molecule has 110 valence electrons. The number of rotatable bonds is 5. The minimum Gasteiger partial charge on any atom is -0.375 e. The van der Waals surface area contributed by atoms with Crippen LogP contribution in [0, 0.1) is 0 Å². The summed E-state index contributed by atoms with van der Waals surface area (Å²) in [6, 6.07) is 9.36. The third-order valence-corrected chi connectivity index (χ3v) is 5.53. The number of ether oxygens (including phenoxy) is 1. The molecule has 20 heavy (non-hydrogen) atoms. The van der Waals surface area contributed by atoms with Crippen LogP contribution in [0.1, 0.15) is 49.3 Å². The number of thioether (sulfide) groups is 1. The normalized spacial score (nSPS) is 25.1. The molecule has 2 unspecified atom stereocenters. The highest BCUT2D eigenvalue weighted by molar-refractivity contribution is 7.99. The van der Waals surface area contributed by atoms with Gasteiger partial charge < -0.3 is 10.1 Å². The average molecular weight is 291 g/mol. The molecule has 3 rings (SSSR count). The Morgan fingerprint density at radius 3 is 2.85 bits per heavy atom. The van der Waals surface area contributed by atoms with Crippen LogP contribution in [0.3, 0.4) is 0 Å². The molecule has 2 fully saturated rings. The van der Waals surface area contributed by atoms with E-state index in [1.165, 1.54) is 24.8 Å². The van der Waals surface area contributed by atoms with E-state index >= 15 is 0 Å². The molecule has 0 amide bonds. The number of hydrogen-bond acceptors (Lipinski definition) is 3. The second-order valence-electron chi connectivity index (χ2n) is 5.78. The Morgan fingerprint density at radius 1 is 1.35 bits per heavy atom. The second-order valence-corrected chi connectivity index (χ2v) is 6.93. The number of likely N-dealkylation sites (N-methyl/N-ethyl adjacent to an activating group) is 1. The van der Waals surface area contributed by atoms with Gasteiger partial charge in [0.2, 0.25) is 0 Å². The van der Waals surface area contributed by atoms with E-state index < -0.39 is 0 Å². The Morgan fingerprint density at radius 2 is 2.20 bits per heavy atom. The SMILES string of the molecule is CCNC(c1ccccc1C1CCC1)C1CSCCO1. The smallest absolute Gasteiger partial charge is 0.0860 e. The van der Waals surface area contributed by atoms with E-state index in [1.54, 1.807) is 5.56 Å². The van der Waals surface area contributed by atoms with E-state index in [4.69, 9.17) is 4.74 Å². The lowest BCUT2D eigenvalue weighted by molar-refractivity contribution is 0.0468. The predicted molar refractivity (Wildman–Crippen MR) is 86.5 cm³/mol. The fourth-order valence-corrected chi connectivity index (χ4v) is 4.15. The van der Waals surface area contributed by atoms with Crippen molar-refractivity contribution in [3.8, 4) is 0 Å². The van der Waals surface area contributed by atoms with Crippen LogP contribution in [0.25, 0.3) is 0 Å². The second kappa shape index (κ2) is 6.97. The van der Waals surface area contributed by atoms with Crippen molar-refractivity contribution in [1.82, 2.24) is 5.32 Å². The Kier molecular flexibility index (Phi) is 5.03. The number of nitrogens with one attached hydrogen (secondary N) is 1. The maximum Gasteiger partial charge on any atom is 0.0860 e. The first-order valence-electron chi connectivity index (χ1n) is 7.91. The van der Waals surface area contributed by atoms with Gasteiger partial charge in [0.05, 0.1) is 18.8 Å². The first-order valence-corrected chi connectivity index (χ1v) is 9.07. The van der Waals surface area contributed by atoms with Crippen molar-refractivity contribution in [2.24, 2.45) is 0 Å². The molecule has 1 aliphatic heterocycles. The average Bonchev–Trinajstić information content (AvgIpc) is 2.45. The van der Waals surface area contributed by atoms with Crippen LogP contribution in [0.4, 0.5) is 0 Å².